The lowest BCUT2D eigenvalue weighted by atomic mass is 10.1. The quantitative estimate of drug-likeness (QED) is 0.602. The fourth-order valence-electron chi connectivity index (χ4n) is 0.974. The van der Waals surface area contributed by atoms with Gasteiger partial charge in [-0.25, -0.2) is 9.59 Å². The minimum atomic E-state index is -0.791. The maximum absolute atomic E-state index is 11.4. The van der Waals surface area contributed by atoms with E-state index in [1.165, 1.54) is 18.5 Å². The van der Waals surface area contributed by atoms with Crippen LogP contribution in [0.5, 0.6) is 0 Å². The summed E-state index contributed by atoms with van der Waals surface area (Å²) in [5.74, 6) is -1.52. The van der Waals surface area contributed by atoms with Crippen LogP contribution in [-0.4, -0.2) is 23.0 Å². The van der Waals surface area contributed by atoms with E-state index in [2.05, 4.69) is 9.72 Å². The number of hydrogen-bond acceptors (Lipinski definition) is 5. The first kappa shape index (κ1) is 12.3. The summed E-state index contributed by atoms with van der Waals surface area (Å²) in [6.45, 7) is 3.56. The highest BCUT2D eigenvalue weighted by atomic mass is 16.6. The smallest absolute Gasteiger partial charge is 0.347 e. The highest BCUT2D eigenvalue weighted by Crippen LogP contribution is 2.04. The number of aromatic nitrogens is 1. The van der Waals surface area contributed by atoms with Crippen LogP contribution in [0.4, 0.5) is 0 Å². The second kappa shape index (κ2) is 5.37. The van der Waals surface area contributed by atoms with E-state index in [1.54, 1.807) is 19.9 Å². The Morgan fingerprint density at radius 2 is 2.12 bits per heavy atom. The monoisotopic (exact) mass is 222 g/mol. The van der Waals surface area contributed by atoms with Crippen molar-refractivity contribution in [2.24, 2.45) is 11.7 Å². The minimum Gasteiger partial charge on any atom is -0.388 e. The van der Waals surface area contributed by atoms with Crippen molar-refractivity contribution in [2.45, 2.75) is 19.9 Å². The molecule has 1 atom stereocenters. The molecule has 1 aromatic rings. The molecule has 0 aliphatic rings. The number of esters is 2. The van der Waals surface area contributed by atoms with Crippen molar-refractivity contribution < 1.29 is 14.3 Å². The highest BCUT2D eigenvalue weighted by Gasteiger charge is 2.22. The van der Waals surface area contributed by atoms with Crippen molar-refractivity contribution in [1.82, 2.24) is 4.98 Å². The van der Waals surface area contributed by atoms with Gasteiger partial charge in [0, 0.05) is 12.4 Å². The van der Waals surface area contributed by atoms with Gasteiger partial charge in [-0.05, 0) is 18.1 Å². The molecule has 1 rings (SSSR count). The first-order chi connectivity index (χ1) is 7.52. The third kappa shape index (κ3) is 3.13. The van der Waals surface area contributed by atoms with Gasteiger partial charge in [-0.2, -0.15) is 0 Å². The second-order valence-corrected chi connectivity index (χ2v) is 3.72. The summed E-state index contributed by atoms with van der Waals surface area (Å²) in [7, 11) is 0. The molecule has 2 N–H and O–H groups in total. The summed E-state index contributed by atoms with van der Waals surface area (Å²) in [4.78, 5) is 26.6. The number of ether oxygens (including phenoxy) is 1. The number of carbonyl (C=O) groups is 2. The van der Waals surface area contributed by atoms with Crippen molar-refractivity contribution in [3.8, 4) is 0 Å². The molecule has 0 aliphatic carbocycles. The Hall–Kier alpha value is -1.75. The van der Waals surface area contributed by atoms with Crippen molar-refractivity contribution >= 4 is 11.9 Å². The molecule has 16 heavy (non-hydrogen) atoms. The Balaban J connectivity index is 2.62. The van der Waals surface area contributed by atoms with E-state index < -0.39 is 18.0 Å². The van der Waals surface area contributed by atoms with Crippen LogP contribution in [0.3, 0.4) is 0 Å². The maximum atomic E-state index is 11.4. The lowest BCUT2D eigenvalue weighted by Gasteiger charge is -2.12. The first-order valence-corrected chi connectivity index (χ1v) is 4.94. The Morgan fingerprint density at radius 3 is 2.62 bits per heavy atom. The molecule has 0 aromatic carbocycles. The van der Waals surface area contributed by atoms with Crippen molar-refractivity contribution in [1.29, 1.82) is 0 Å². The molecule has 0 saturated heterocycles. The van der Waals surface area contributed by atoms with Crippen LogP contribution >= 0.6 is 0 Å². The Labute approximate surface area is 93.6 Å². The third-order valence-electron chi connectivity index (χ3n) is 2.08. The van der Waals surface area contributed by atoms with E-state index in [0.29, 0.717) is 0 Å². The first-order valence-electron chi connectivity index (χ1n) is 4.94. The van der Waals surface area contributed by atoms with Gasteiger partial charge in [0.1, 0.15) is 6.04 Å². The van der Waals surface area contributed by atoms with Crippen LogP contribution in [0.25, 0.3) is 0 Å². The molecule has 0 spiro atoms. The third-order valence-corrected chi connectivity index (χ3v) is 2.08. The molecule has 5 heteroatoms. The predicted molar refractivity (Wildman–Crippen MR) is 57.5 cm³/mol. The standard InChI is InChI=1S/C11H14N2O3/c1-7(2)9(12)11(15)16-10(14)8-4-3-5-13-6-8/h3-7,9H,12H2,1-2H3. The highest BCUT2D eigenvalue weighted by molar-refractivity contribution is 5.97. The van der Waals surface area contributed by atoms with E-state index >= 15 is 0 Å². The molecule has 1 unspecified atom stereocenters. The molecule has 86 valence electrons. The van der Waals surface area contributed by atoms with Gasteiger partial charge in [0.2, 0.25) is 0 Å². The van der Waals surface area contributed by atoms with E-state index in [1.807, 2.05) is 0 Å². The number of rotatable bonds is 3. The molecule has 0 aliphatic heterocycles. The fourth-order valence-corrected chi connectivity index (χ4v) is 0.974. The van der Waals surface area contributed by atoms with Crippen LogP contribution in [0, 0.1) is 5.92 Å². The van der Waals surface area contributed by atoms with Crippen LogP contribution in [0.1, 0.15) is 24.2 Å². The molecule has 0 amide bonds. The van der Waals surface area contributed by atoms with Crippen molar-refractivity contribution in [3.05, 3.63) is 30.1 Å². The fraction of sp³-hybridized carbons (Fsp3) is 0.364. The van der Waals surface area contributed by atoms with Gasteiger partial charge >= 0.3 is 11.9 Å². The van der Waals surface area contributed by atoms with Crippen LogP contribution in [-0.2, 0) is 9.53 Å². The van der Waals surface area contributed by atoms with E-state index in [9.17, 15) is 9.59 Å². The Bertz CT molecular complexity index is 376. The SMILES string of the molecule is CC(C)C(N)C(=O)OC(=O)c1cccnc1. The Kier molecular flexibility index (Phi) is 4.13. The average molecular weight is 222 g/mol. The predicted octanol–water partition coefficient (Wildman–Crippen LogP) is 0.748. The number of nitrogens with zero attached hydrogens (tertiary/aromatic N) is 1. The number of hydrogen-bond donors (Lipinski definition) is 1. The van der Waals surface area contributed by atoms with Gasteiger partial charge < -0.3 is 10.5 Å². The molecule has 5 nitrogen and oxygen atoms in total. The van der Waals surface area contributed by atoms with Gasteiger partial charge in [0.25, 0.3) is 0 Å². The topological polar surface area (TPSA) is 82.3 Å². The summed E-state index contributed by atoms with van der Waals surface area (Å²) in [5.41, 5.74) is 5.77. The van der Waals surface area contributed by atoms with Crippen LogP contribution in [0.2, 0.25) is 0 Å². The number of pyridine rings is 1. The summed E-state index contributed by atoms with van der Waals surface area (Å²) >= 11 is 0. The zero-order chi connectivity index (χ0) is 12.1. The molecule has 1 heterocycles. The second-order valence-electron chi connectivity index (χ2n) is 3.72. The summed E-state index contributed by atoms with van der Waals surface area (Å²) in [6, 6.07) is 2.31. The minimum absolute atomic E-state index is 0.0748. The van der Waals surface area contributed by atoms with Gasteiger partial charge in [0.15, 0.2) is 0 Å². The van der Waals surface area contributed by atoms with Gasteiger partial charge in [0.05, 0.1) is 5.56 Å². The average Bonchev–Trinajstić information content (AvgIpc) is 2.28. The molecular formula is C11H14N2O3. The van der Waals surface area contributed by atoms with E-state index in [0.717, 1.165) is 0 Å². The van der Waals surface area contributed by atoms with Gasteiger partial charge in [-0.3, -0.25) is 4.98 Å². The summed E-state index contributed by atoms with van der Waals surface area (Å²) in [5, 5.41) is 0. The zero-order valence-electron chi connectivity index (χ0n) is 9.21. The summed E-state index contributed by atoms with van der Waals surface area (Å²) in [6.07, 6.45) is 2.86. The summed E-state index contributed by atoms with van der Waals surface area (Å²) < 4.78 is 4.62. The van der Waals surface area contributed by atoms with Crippen molar-refractivity contribution in [2.75, 3.05) is 0 Å². The van der Waals surface area contributed by atoms with Crippen molar-refractivity contribution in [3.63, 3.8) is 0 Å². The van der Waals surface area contributed by atoms with Gasteiger partial charge in [-0.15, -0.1) is 0 Å². The molecule has 0 saturated carbocycles. The molecular weight excluding hydrogens is 208 g/mol. The largest absolute Gasteiger partial charge is 0.388 e. The molecule has 0 bridgehead atoms. The van der Waals surface area contributed by atoms with E-state index in [-0.39, 0.29) is 11.5 Å². The van der Waals surface area contributed by atoms with Crippen LogP contribution < -0.4 is 5.73 Å². The van der Waals surface area contributed by atoms with Gasteiger partial charge in [-0.1, -0.05) is 13.8 Å². The lowest BCUT2D eigenvalue weighted by Crippen LogP contribution is -2.38. The zero-order valence-corrected chi connectivity index (χ0v) is 9.21. The molecule has 1 aromatic heterocycles. The maximum Gasteiger partial charge on any atom is 0.347 e. The lowest BCUT2D eigenvalue weighted by molar-refractivity contribution is -0.140. The Morgan fingerprint density at radius 1 is 1.44 bits per heavy atom. The normalized spacial score (nSPS) is 12.2. The number of carbonyl (C=O) groups excluding carboxylic acids is 2. The molecule has 0 fully saturated rings. The van der Waals surface area contributed by atoms with Crippen LogP contribution in [0.15, 0.2) is 24.5 Å². The molecule has 0 radical (unpaired) electrons. The number of nitrogens with two attached hydrogens (primary N) is 1. The van der Waals surface area contributed by atoms with E-state index in [4.69, 9.17) is 5.73 Å².